The molecule has 1 heteroatoms. The van der Waals surface area contributed by atoms with E-state index in [9.17, 15) is 0 Å². The third kappa shape index (κ3) is 8.15. The summed E-state index contributed by atoms with van der Waals surface area (Å²) < 4.78 is 0.381. The number of hydrogen-bond acceptors (Lipinski definition) is 1. The van der Waals surface area contributed by atoms with E-state index in [0.29, 0.717) is 21.0 Å². The predicted molar refractivity (Wildman–Crippen MR) is 116 cm³/mol. The highest BCUT2D eigenvalue weighted by atomic mass is 32.2. The standard InChI is InChI=1S/C23H48S/c1-13-15-21(7,8)19(22(9,10)17-20(4,5)6)18(3)16-23(11,12)24-14-2/h18-19H,13-17H2,1-12H3. The van der Waals surface area contributed by atoms with Crippen LogP contribution in [0, 0.1) is 28.1 Å². The summed E-state index contributed by atoms with van der Waals surface area (Å²) in [5.41, 5.74) is 1.15. The predicted octanol–water partition coefficient (Wildman–Crippen LogP) is 8.45. The highest BCUT2D eigenvalue weighted by molar-refractivity contribution is 8.00. The largest absolute Gasteiger partial charge is 0.156 e. The molecule has 0 nitrogen and oxygen atoms in total. The van der Waals surface area contributed by atoms with E-state index in [2.05, 4.69) is 94.8 Å². The first-order valence-electron chi connectivity index (χ1n) is 10.2. The molecule has 0 bridgehead atoms. The van der Waals surface area contributed by atoms with E-state index in [0.717, 1.165) is 11.8 Å². The van der Waals surface area contributed by atoms with E-state index < -0.39 is 0 Å². The zero-order valence-electron chi connectivity index (χ0n) is 19.1. The molecule has 0 aromatic rings. The van der Waals surface area contributed by atoms with Gasteiger partial charge in [0.1, 0.15) is 0 Å². The lowest BCUT2D eigenvalue weighted by Crippen LogP contribution is -2.44. The highest BCUT2D eigenvalue weighted by Gasteiger charge is 2.45. The van der Waals surface area contributed by atoms with Crippen LogP contribution in [-0.2, 0) is 0 Å². The maximum Gasteiger partial charge on any atom is 0.0106 e. The lowest BCUT2D eigenvalue weighted by Gasteiger charge is -2.51. The first kappa shape index (κ1) is 24.4. The van der Waals surface area contributed by atoms with E-state index in [1.807, 2.05) is 0 Å². The lowest BCUT2D eigenvalue weighted by molar-refractivity contribution is -0.0110. The van der Waals surface area contributed by atoms with E-state index >= 15 is 0 Å². The van der Waals surface area contributed by atoms with Crippen LogP contribution in [0.2, 0.25) is 0 Å². The Morgan fingerprint density at radius 1 is 0.792 bits per heavy atom. The van der Waals surface area contributed by atoms with Crippen molar-refractivity contribution in [1.82, 2.24) is 0 Å². The monoisotopic (exact) mass is 356 g/mol. The fraction of sp³-hybridized carbons (Fsp3) is 1.00. The molecular weight excluding hydrogens is 308 g/mol. The summed E-state index contributed by atoms with van der Waals surface area (Å²) in [6.07, 6.45) is 5.23. The second-order valence-electron chi connectivity index (χ2n) is 11.3. The van der Waals surface area contributed by atoms with Crippen molar-refractivity contribution >= 4 is 11.8 Å². The highest BCUT2D eigenvalue weighted by Crippen LogP contribution is 2.53. The van der Waals surface area contributed by atoms with Gasteiger partial charge in [-0.05, 0) is 53.1 Å². The smallest absolute Gasteiger partial charge is 0.0106 e. The van der Waals surface area contributed by atoms with Crippen molar-refractivity contribution in [2.24, 2.45) is 28.1 Å². The minimum absolute atomic E-state index is 0.364. The van der Waals surface area contributed by atoms with Crippen molar-refractivity contribution < 1.29 is 0 Å². The van der Waals surface area contributed by atoms with Gasteiger partial charge in [0.05, 0.1) is 0 Å². The third-order valence-electron chi connectivity index (χ3n) is 5.48. The van der Waals surface area contributed by atoms with Crippen LogP contribution in [0.5, 0.6) is 0 Å². The van der Waals surface area contributed by atoms with Crippen molar-refractivity contribution in [2.45, 2.75) is 114 Å². The van der Waals surface area contributed by atoms with Crippen molar-refractivity contribution in [3.05, 3.63) is 0 Å². The Balaban J connectivity index is 5.64. The topological polar surface area (TPSA) is 0 Å². The average Bonchev–Trinajstić information content (AvgIpc) is 2.21. The molecule has 0 aliphatic rings. The number of rotatable bonds is 10. The molecule has 0 aliphatic carbocycles. The number of thioether (sulfide) groups is 1. The minimum Gasteiger partial charge on any atom is -0.156 e. The molecule has 2 atom stereocenters. The molecule has 0 fully saturated rings. The summed E-state index contributed by atoms with van der Waals surface area (Å²) in [5.74, 6) is 2.72. The molecule has 0 aromatic heterocycles. The lowest BCUT2D eigenvalue weighted by atomic mass is 9.54. The number of hydrogen-bond donors (Lipinski definition) is 0. The summed E-state index contributed by atoms with van der Waals surface area (Å²) >= 11 is 2.13. The Morgan fingerprint density at radius 3 is 1.67 bits per heavy atom. The molecule has 0 saturated heterocycles. The molecule has 146 valence electrons. The second-order valence-corrected chi connectivity index (χ2v) is 13.3. The van der Waals surface area contributed by atoms with E-state index in [1.54, 1.807) is 0 Å². The Kier molecular flexibility index (Phi) is 8.96. The fourth-order valence-electron chi connectivity index (χ4n) is 6.22. The first-order valence-corrected chi connectivity index (χ1v) is 11.2. The van der Waals surface area contributed by atoms with E-state index in [4.69, 9.17) is 0 Å². The van der Waals surface area contributed by atoms with E-state index in [1.165, 1.54) is 31.4 Å². The molecule has 0 spiro atoms. The van der Waals surface area contributed by atoms with Crippen LogP contribution < -0.4 is 0 Å². The molecule has 0 rings (SSSR count). The zero-order chi connectivity index (χ0) is 19.4. The Labute approximate surface area is 159 Å². The quantitative estimate of drug-likeness (QED) is 0.378. The minimum atomic E-state index is 0.364. The molecular formula is C23H48S. The van der Waals surface area contributed by atoms with Crippen LogP contribution in [0.25, 0.3) is 0 Å². The van der Waals surface area contributed by atoms with Gasteiger partial charge in [0.2, 0.25) is 0 Å². The van der Waals surface area contributed by atoms with Gasteiger partial charge in [0, 0.05) is 4.75 Å². The SMILES string of the molecule is CCCC(C)(C)C(C(C)CC(C)(C)SCC)C(C)(C)CC(C)(C)C. The van der Waals surface area contributed by atoms with Gasteiger partial charge >= 0.3 is 0 Å². The van der Waals surface area contributed by atoms with Gasteiger partial charge in [-0.1, -0.05) is 89.5 Å². The maximum atomic E-state index is 2.54. The van der Waals surface area contributed by atoms with Crippen molar-refractivity contribution in [3.63, 3.8) is 0 Å². The van der Waals surface area contributed by atoms with Gasteiger partial charge in [-0.2, -0.15) is 11.8 Å². The van der Waals surface area contributed by atoms with Gasteiger partial charge in [0.15, 0.2) is 0 Å². The molecule has 24 heavy (non-hydrogen) atoms. The van der Waals surface area contributed by atoms with Crippen LogP contribution in [0.4, 0.5) is 0 Å². The fourth-order valence-corrected chi connectivity index (χ4v) is 7.38. The van der Waals surface area contributed by atoms with Crippen LogP contribution in [0.1, 0.15) is 109 Å². The van der Waals surface area contributed by atoms with Crippen LogP contribution >= 0.6 is 11.8 Å². The summed E-state index contributed by atoms with van der Waals surface area (Å²) in [4.78, 5) is 0. The van der Waals surface area contributed by atoms with Crippen LogP contribution in [-0.4, -0.2) is 10.5 Å². The molecule has 0 saturated carbocycles. The van der Waals surface area contributed by atoms with Crippen molar-refractivity contribution in [2.75, 3.05) is 5.75 Å². The molecule has 0 amide bonds. The maximum absolute atomic E-state index is 2.54. The van der Waals surface area contributed by atoms with Gasteiger partial charge in [-0.15, -0.1) is 0 Å². The third-order valence-corrected chi connectivity index (χ3v) is 6.72. The molecule has 0 aliphatic heterocycles. The van der Waals surface area contributed by atoms with Crippen molar-refractivity contribution in [1.29, 1.82) is 0 Å². The molecule has 0 N–H and O–H groups in total. The second kappa shape index (κ2) is 8.83. The Hall–Kier alpha value is 0.350. The summed E-state index contributed by atoms with van der Waals surface area (Å²) in [5, 5.41) is 0. The van der Waals surface area contributed by atoms with E-state index in [-0.39, 0.29) is 0 Å². The first-order chi connectivity index (χ1) is 10.6. The normalized spacial score (nSPS) is 17.0. The summed E-state index contributed by atoms with van der Waals surface area (Å²) in [6, 6.07) is 0. The van der Waals surface area contributed by atoms with Gasteiger partial charge < -0.3 is 0 Å². The Morgan fingerprint density at radius 2 is 1.29 bits per heavy atom. The molecule has 2 unspecified atom stereocenters. The molecule has 0 heterocycles. The molecule has 0 radical (unpaired) electrons. The Bertz CT molecular complexity index is 357. The summed E-state index contributed by atoms with van der Waals surface area (Å²) in [6.45, 7) is 29.4. The van der Waals surface area contributed by atoms with Crippen molar-refractivity contribution in [3.8, 4) is 0 Å². The van der Waals surface area contributed by atoms with Crippen LogP contribution in [0.15, 0.2) is 0 Å². The average molecular weight is 357 g/mol. The van der Waals surface area contributed by atoms with Gasteiger partial charge in [0.25, 0.3) is 0 Å². The van der Waals surface area contributed by atoms with Crippen LogP contribution in [0.3, 0.4) is 0 Å². The van der Waals surface area contributed by atoms with Gasteiger partial charge in [-0.3, -0.25) is 0 Å². The van der Waals surface area contributed by atoms with Gasteiger partial charge in [-0.25, -0.2) is 0 Å². The summed E-state index contributed by atoms with van der Waals surface area (Å²) in [7, 11) is 0. The zero-order valence-corrected chi connectivity index (χ0v) is 19.9. The molecule has 0 aromatic carbocycles.